The van der Waals surface area contributed by atoms with Crippen molar-refractivity contribution >= 4 is 17.5 Å². The van der Waals surface area contributed by atoms with Gasteiger partial charge in [0, 0.05) is 37.4 Å². The lowest BCUT2D eigenvalue weighted by Gasteiger charge is -2.27. The van der Waals surface area contributed by atoms with Crippen molar-refractivity contribution in [2.75, 3.05) is 33.7 Å². The van der Waals surface area contributed by atoms with Crippen LogP contribution in [0, 0.1) is 0 Å². The number of H-pyrrole nitrogens is 1. The monoisotopic (exact) mass is 408 g/mol. The van der Waals surface area contributed by atoms with Crippen molar-refractivity contribution in [2.45, 2.75) is 25.4 Å². The number of fused-ring (bicyclic) bond motifs is 2. The van der Waals surface area contributed by atoms with Crippen molar-refractivity contribution in [3.05, 3.63) is 47.2 Å². The smallest absolute Gasteiger partial charge is 0.274 e. The SMILES string of the molecule is CN(C)C1CCN(C(=O)c2n[nH]c3c2CCN(C(=O)c2cccn4cnnc24)C3)C1. The Balaban J connectivity index is 1.34. The van der Waals surface area contributed by atoms with E-state index < -0.39 is 0 Å². The lowest BCUT2D eigenvalue weighted by atomic mass is 10.0. The summed E-state index contributed by atoms with van der Waals surface area (Å²) in [5, 5.41) is 15.3. The minimum absolute atomic E-state index is 0.0233. The highest BCUT2D eigenvalue weighted by Gasteiger charge is 2.33. The van der Waals surface area contributed by atoms with Crippen LogP contribution in [0.3, 0.4) is 0 Å². The second kappa shape index (κ2) is 7.21. The summed E-state index contributed by atoms with van der Waals surface area (Å²) < 4.78 is 1.73. The van der Waals surface area contributed by atoms with Gasteiger partial charge in [-0.3, -0.25) is 19.1 Å². The summed E-state index contributed by atoms with van der Waals surface area (Å²) in [7, 11) is 4.08. The number of hydrogen-bond acceptors (Lipinski definition) is 6. The first kappa shape index (κ1) is 18.7. The Morgan fingerprint density at radius 2 is 2.07 bits per heavy atom. The van der Waals surface area contributed by atoms with E-state index in [-0.39, 0.29) is 11.8 Å². The number of carbonyl (C=O) groups excluding carboxylic acids is 2. The van der Waals surface area contributed by atoms with E-state index in [2.05, 4.69) is 25.3 Å². The van der Waals surface area contributed by atoms with Crippen LogP contribution in [0.2, 0.25) is 0 Å². The van der Waals surface area contributed by atoms with Crippen molar-refractivity contribution < 1.29 is 9.59 Å². The van der Waals surface area contributed by atoms with Gasteiger partial charge in [-0.1, -0.05) is 0 Å². The molecule has 1 unspecified atom stereocenters. The van der Waals surface area contributed by atoms with Crippen LogP contribution in [0.25, 0.3) is 5.65 Å². The molecule has 30 heavy (non-hydrogen) atoms. The van der Waals surface area contributed by atoms with Gasteiger partial charge in [0.05, 0.1) is 17.8 Å². The van der Waals surface area contributed by atoms with Crippen molar-refractivity contribution in [1.82, 2.24) is 39.5 Å². The number of rotatable bonds is 3. The van der Waals surface area contributed by atoms with Gasteiger partial charge >= 0.3 is 0 Å². The first-order valence-corrected chi connectivity index (χ1v) is 10.1. The molecular weight excluding hydrogens is 384 g/mol. The van der Waals surface area contributed by atoms with Crippen LogP contribution in [0.4, 0.5) is 0 Å². The number of nitrogens with one attached hydrogen (secondary N) is 1. The molecule has 156 valence electrons. The molecule has 2 amide bonds. The summed E-state index contributed by atoms with van der Waals surface area (Å²) in [5.74, 6) is -0.125. The van der Waals surface area contributed by atoms with E-state index in [4.69, 9.17) is 0 Å². The van der Waals surface area contributed by atoms with E-state index in [0.29, 0.717) is 42.5 Å². The molecule has 5 heterocycles. The Labute approximate surface area is 173 Å². The van der Waals surface area contributed by atoms with E-state index in [0.717, 1.165) is 30.8 Å². The van der Waals surface area contributed by atoms with Crippen molar-refractivity contribution in [2.24, 2.45) is 0 Å². The topological polar surface area (TPSA) is 103 Å². The molecule has 10 nitrogen and oxygen atoms in total. The molecule has 10 heteroatoms. The molecule has 0 radical (unpaired) electrons. The van der Waals surface area contributed by atoms with Crippen LogP contribution in [-0.2, 0) is 13.0 Å². The minimum atomic E-state index is -0.102. The first-order valence-electron chi connectivity index (χ1n) is 10.1. The van der Waals surface area contributed by atoms with Crippen LogP contribution in [-0.4, -0.2) is 91.1 Å². The third-order valence-corrected chi connectivity index (χ3v) is 6.16. The number of likely N-dealkylation sites (N-methyl/N-ethyl adjacent to an activating group) is 1. The summed E-state index contributed by atoms with van der Waals surface area (Å²) in [6, 6.07) is 3.96. The Kier molecular flexibility index (Phi) is 4.50. The number of pyridine rings is 1. The number of carbonyl (C=O) groups is 2. The van der Waals surface area contributed by atoms with Crippen molar-refractivity contribution in [1.29, 1.82) is 0 Å². The zero-order valence-corrected chi connectivity index (χ0v) is 17.1. The summed E-state index contributed by atoms with van der Waals surface area (Å²) in [6.45, 7) is 2.39. The summed E-state index contributed by atoms with van der Waals surface area (Å²) in [6.07, 6.45) is 4.96. The van der Waals surface area contributed by atoms with Crippen LogP contribution < -0.4 is 0 Å². The fraction of sp³-hybridized carbons (Fsp3) is 0.450. The highest BCUT2D eigenvalue weighted by Crippen LogP contribution is 2.25. The average Bonchev–Trinajstić information content (AvgIpc) is 3.50. The second-order valence-corrected chi connectivity index (χ2v) is 8.15. The summed E-state index contributed by atoms with van der Waals surface area (Å²) in [5.41, 5.74) is 3.31. The molecule has 0 bridgehead atoms. The third-order valence-electron chi connectivity index (χ3n) is 6.16. The molecule has 2 aliphatic heterocycles. The normalized spacial score (nSPS) is 19.0. The van der Waals surface area contributed by atoms with E-state index in [1.165, 1.54) is 0 Å². The van der Waals surface area contributed by atoms with Gasteiger partial charge in [-0.25, -0.2) is 0 Å². The number of nitrogens with zero attached hydrogens (tertiary/aromatic N) is 7. The highest BCUT2D eigenvalue weighted by atomic mass is 16.2. The fourth-order valence-electron chi connectivity index (χ4n) is 4.35. The van der Waals surface area contributed by atoms with Gasteiger partial charge in [-0.2, -0.15) is 5.10 Å². The number of likely N-dealkylation sites (tertiary alicyclic amines) is 1. The van der Waals surface area contributed by atoms with Gasteiger partial charge in [-0.15, -0.1) is 10.2 Å². The van der Waals surface area contributed by atoms with Crippen LogP contribution in [0.5, 0.6) is 0 Å². The van der Waals surface area contributed by atoms with Crippen LogP contribution in [0.1, 0.15) is 38.5 Å². The average molecular weight is 408 g/mol. The maximum Gasteiger partial charge on any atom is 0.274 e. The van der Waals surface area contributed by atoms with Gasteiger partial charge in [0.2, 0.25) is 0 Å². The Morgan fingerprint density at radius 1 is 1.20 bits per heavy atom. The van der Waals surface area contributed by atoms with Crippen LogP contribution in [0.15, 0.2) is 24.7 Å². The second-order valence-electron chi connectivity index (χ2n) is 8.15. The molecule has 1 atom stereocenters. The van der Waals surface area contributed by atoms with Gasteiger partial charge in [0.1, 0.15) is 6.33 Å². The number of amides is 2. The number of aromatic amines is 1. The third kappa shape index (κ3) is 3.04. The van der Waals surface area contributed by atoms with Crippen molar-refractivity contribution in [3.63, 3.8) is 0 Å². The van der Waals surface area contributed by atoms with Gasteiger partial charge in [0.15, 0.2) is 11.3 Å². The first-order chi connectivity index (χ1) is 14.5. The maximum atomic E-state index is 13.1. The van der Waals surface area contributed by atoms with Gasteiger partial charge in [0.25, 0.3) is 11.8 Å². The molecule has 1 fully saturated rings. The quantitative estimate of drug-likeness (QED) is 0.674. The van der Waals surface area contributed by atoms with E-state index in [1.807, 2.05) is 31.3 Å². The Morgan fingerprint density at radius 3 is 2.87 bits per heavy atom. The molecule has 1 N–H and O–H groups in total. The number of hydrogen-bond donors (Lipinski definition) is 1. The summed E-state index contributed by atoms with van der Waals surface area (Å²) in [4.78, 5) is 31.9. The summed E-state index contributed by atoms with van der Waals surface area (Å²) >= 11 is 0. The predicted molar refractivity (Wildman–Crippen MR) is 108 cm³/mol. The molecule has 5 rings (SSSR count). The zero-order valence-electron chi connectivity index (χ0n) is 17.1. The zero-order chi connectivity index (χ0) is 20.8. The Hall–Kier alpha value is -3.27. The fourth-order valence-corrected chi connectivity index (χ4v) is 4.35. The lowest BCUT2D eigenvalue weighted by molar-refractivity contribution is 0.0733. The molecule has 3 aromatic heterocycles. The van der Waals surface area contributed by atoms with E-state index in [1.54, 1.807) is 21.7 Å². The van der Waals surface area contributed by atoms with Crippen molar-refractivity contribution in [3.8, 4) is 0 Å². The number of aromatic nitrogens is 5. The minimum Gasteiger partial charge on any atom is -0.336 e. The Bertz CT molecular complexity index is 1120. The standard InChI is InChI=1S/C20H24N8O2/c1-25(2)13-5-8-26(10-13)20(30)17-14-6-9-27(11-16(14)22-23-17)19(29)15-4-3-7-28-12-21-24-18(15)28/h3-4,7,12-13H,5-6,8-11H2,1-2H3,(H,22,23). The van der Waals surface area contributed by atoms with Gasteiger partial charge in [-0.05, 0) is 39.1 Å². The van der Waals surface area contributed by atoms with Gasteiger partial charge < -0.3 is 14.7 Å². The van der Waals surface area contributed by atoms with E-state index >= 15 is 0 Å². The molecule has 0 saturated carbocycles. The molecule has 1 saturated heterocycles. The molecule has 0 aromatic carbocycles. The molecular formula is C20H24N8O2. The maximum absolute atomic E-state index is 13.1. The van der Waals surface area contributed by atoms with Crippen LogP contribution >= 0.6 is 0 Å². The molecule has 2 aliphatic rings. The molecule has 0 aliphatic carbocycles. The van der Waals surface area contributed by atoms with E-state index in [9.17, 15) is 9.59 Å². The highest BCUT2D eigenvalue weighted by molar-refractivity contribution is 6.00. The molecule has 3 aromatic rings. The largest absolute Gasteiger partial charge is 0.336 e. The molecule has 0 spiro atoms. The predicted octanol–water partition coefficient (Wildman–Crippen LogP) is 0.427. The lowest BCUT2D eigenvalue weighted by Crippen LogP contribution is -2.37.